The van der Waals surface area contributed by atoms with Crippen LogP contribution in [0.3, 0.4) is 0 Å². The lowest BCUT2D eigenvalue weighted by Gasteiger charge is -2.35. The van der Waals surface area contributed by atoms with Crippen LogP contribution in [0.25, 0.3) is 5.57 Å². The summed E-state index contributed by atoms with van der Waals surface area (Å²) in [7, 11) is 0. The van der Waals surface area contributed by atoms with Crippen LogP contribution in [0.5, 0.6) is 0 Å². The minimum atomic E-state index is -4.67. The third kappa shape index (κ3) is 2.77. The zero-order chi connectivity index (χ0) is 16.4. The molecule has 0 heterocycles. The Balaban J connectivity index is 2.51. The molecule has 3 nitrogen and oxygen atoms in total. The Hall–Kier alpha value is -2.11. The van der Waals surface area contributed by atoms with Crippen molar-refractivity contribution in [3.63, 3.8) is 0 Å². The predicted molar refractivity (Wildman–Crippen MR) is 77.7 cm³/mol. The van der Waals surface area contributed by atoms with Crippen molar-refractivity contribution in [1.82, 2.24) is 0 Å². The van der Waals surface area contributed by atoms with Crippen LogP contribution >= 0.6 is 0 Å². The van der Waals surface area contributed by atoms with Gasteiger partial charge in [0.2, 0.25) is 6.04 Å². The molecule has 1 aromatic carbocycles. The van der Waals surface area contributed by atoms with Gasteiger partial charge >= 0.3 is 6.18 Å². The fourth-order valence-corrected chi connectivity index (χ4v) is 2.83. The van der Waals surface area contributed by atoms with Crippen LogP contribution in [0, 0.1) is 15.5 Å². The molecule has 0 saturated carbocycles. The number of hydrogen-bond donors (Lipinski definition) is 0. The first kappa shape index (κ1) is 16.3. The molecule has 0 spiro atoms. The third-order valence-electron chi connectivity index (χ3n) is 3.95. The number of alkyl halides is 3. The lowest BCUT2D eigenvalue weighted by molar-refractivity contribution is -0.538. The normalized spacial score (nSPS) is 24.9. The maximum atomic E-state index is 13.5. The second-order valence-electron chi connectivity index (χ2n) is 5.34. The van der Waals surface area contributed by atoms with Crippen molar-refractivity contribution in [2.45, 2.75) is 32.0 Å². The molecule has 1 aliphatic rings. The van der Waals surface area contributed by atoms with Gasteiger partial charge in [-0.25, -0.2) is 0 Å². The Kier molecular flexibility index (Phi) is 4.39. The first-order valence-corrected chi connectivity index (χ1v) is 6.98. The summed E-state index contributed by atoms with van der Waals surface area (Å²) in [4.78, 5) is 10.5. The van der Waals surface area contributed by atoms with E-state index in [-0.39, 0.29) is 12.8 Å². The lowest BCUT2D eigenvalue weighted by atomic mass is 9.71. The molecule has 0 amide bonds. The summed E-state index contributed by atoms with van der Waals surface area (Å²) in [5, 5.41) is 11.3. The van der Waals surface area contributed by atoms with Gasteiger partial charge < -0.3 is 0 Å². The van der Waals surface area contributed by atoms with E-state index in [9.17, 15) is 23.3 Å². The van der Waals surface area contributed by atoms with E-state index in [1.165, 1.54) is 6.08 Å². The molecular formula is C16H16F3NO2. The van der Waals surface area contributed by atoms with E-state index < -0.39 is 22.6 Å². The number of halogens is 3. The van der Waals surface area contributed by atoms with Crippen LogP contribution in [-0.4, -0.2) is 17.1 Å². The highest BCUT2D eigenvalue weighted by molar-refractivity contribution is 5.76. The molecule has 118 valence electrons. The summed E-state index contributed by atoms with van der Waals surface area (Å²) < 4.78 is 40.6. The summed E-state index contributed by atoms with van der Waals surface area (Å²) in [6.07, 6.45) is -1.33. The van der Waals surface area contributed by atoms with Crippen LogP contribution < -0.4 is 0 Å². The van der Waals surface area contributed by atoms with E-state index in [2.05, 4.69) is 0 Å². The molecule has 0 aromatic heterocycles. The first-order valence-electron chi connectivity index (χ1n) is 6.98. The average molecular weight is 311 g/mol. The molecule has 0 fully saturated rings. The molecule has 1 aliphatic carbocycles. The molecule has 2 rings (SSSR count). The van der Waals surface area contributed by atoms with Gasteiger partial charge in [-0.3, -0.25) is 10.1 Å². The first-order chi connectivity index (χ1) is 10.3. The Labute approximate surface area is 126 Å². The quantitative estimate of drug-likeness (QED) is 0.601. The van der Waals surface area contributed by atoms with Crippen LogP contribution in [0.1, 0.15) is 25.3 Å². The highest BCUT2D eigenvalue weighted by Crippen LogP contribution is 2.50. The summed E-state index contributed by atoms with van der Waals surface area (Å²) in [6.45, 7) is 1.59. The van der Waals surface area contributed by atoms with Gasteiger partial charge in [0.15, 0.2) is 5.41 Å². The summed E-state index contributed by atoms with van der Waals surface area (Å²) in [5.41, 5.74) is -1.33. The fraction of sp³-hybridized carbons (Fsp3) is 0.375. The molecule has 0 N–H and O–H groups in total. The van der Waals surface area contributed by atoms with Gasteiger partial charge in [-0.2, -0.15) is 13.2 Å². The smallest absolute Gasteiger partial charge is 0.264 e. The van der Waals surface area contributed by atoms with Crippen molar-refractivity contribution in [3.05, 3.63) is 64.2 Å². The Morgan fingerprint density at radius 3 is 2.41 bits per heavy atom. The highest BCUT2D eigenvalue weighted by Gasteiger charge is 2.62. The minimum Gasteiger partial charge on any atom is -0.264 e. The zero-order valence-electron chi connectivity index (χ0n) is 12.0. The van der Waals surface area contributed by atoms with E-state index in [0.29, 0.717) is 11.1 Å². The highest BCUT2D eigenvalue weighted by atomic mass is 19.4. The molecule has 0 saturated heterocycles. The van der Waals surface area contributed by atoms with E-state index in [0.717, 1.165) is 12.2 Å². The second-order valence-corrected chi connectivity index (χ2v) is 5.34. The van der Waals surface area contributed by atoms with Crippen LogP contribution in [0.15, 0.2) is 48.6 Å². The molecule has 22 heavy (non-hydrogen) atoms. The van der Waals surface area contributed by atoms with Gasteiger partial charge in [-0.05, 0) is 23.6 Å². The Bertz CT molecular complexity index is 608. The van der Waals surface area contributed by atoms with Gasteiger partial charge in [-0.15, -0.1) is 0 Å². The van der Waals surface area contributed by atoms with E-state index in [4.69, 9.17) is 0 Å². The van der Waals surface area contributed by atoms with E-state index >= 15 is 0 Å². The zero-order valence-corrected chi connectivity index (χ0v) is 12.0. The molecule has 2 unspecified atom stereocenters. The average Bonchev–Trinajstić information content (AvgIpc) is 2.47. The van der Waals surface area contributed by atoms with Gasteiger partial charge in [-0.1, -0.05) is 55.8 Å². The molecular weight excluding hydrogens is 295 g/mol. The standard InChI is InChI=1S/C16H16F3NO2/c1-2-9-15(16(17,18)19)10-8-13(11-14(15)20(21)22)12-6-4-3-5-7-12/h3-8,10-11,14H,2,9H2,1H3. The maximum absolute atomic E-state index is 13.5. The Morgan fingerprint density at radius 1 is 1.27 bits per heavy atom. The third-order valence-corrected chi connectivity index (χ3v) is 3.95. The van der Waals surface area contributed by atoms with Crippen molar-refractivity contribution in [2.24, 2.45) is 5.41 Å². The summed E-state index contributed by atoms with van der Waals surface area (Å²) in [6, 6.07) is 6.87. The molecule has 0 radical (unpaired) electrons. The maximum Gasteiger partial charge on any atom is 0.404 e. The van der Waals surface area contributed by atoms with Crippen LogP contribution in [0.2, 0.25) is 0 Å². The van der Waals surface area contributed by atoms with Crippen molar-refractivity contribution in [2.75, 3.05) is 0 Å². The van der Waals surface area contributed by atoms with Crippen LogP contribution in [-0.2, 0) is 0 Å². The predicted octanol–water partition coefficient (Wildman–Crippen LogP) is 4.63. The number of hydrogen-bond acceptors (Lipinski definition) is 2. The summed E-state index contributed by atoms with van der Waals surface area (Å²) in [5.74, 6) is 0. The van der Waals surface area contributed by atoms with Gasteiger partial charge in [0.05, 0.1) is 0 Å². The largest absolute Gasteiger partial charge is 0.404 e. The topological polar surface area (TPSA) is 43.1 Å². The van der Waals surface area contributed by atoms with Crippen LogP contribution in [0.4, 0.5) is 13.2 Å². The van der Waals surface area contributed by atoms with Crippen molar-refractivity contribution in [1.29, 1.82) is 0 Å². The number of nitrogens with zero attached hydrogens (tertiary/aromatic N) is 1. The van der Waals surface area contributed by atoms with Crippen molar-refractivity contribution in [3.8, 4) is 0 Å². The number of nitro groups is 1. The van der Waals surface area contributed by atoms with Crippen molar-refractivity contribution < 1.29 is 18.1 Å². The molecule has 0 bridgehead atoms. The SMILES string of the molecule is CCCC1(C(F)(F)F)C=CC(c2ccccc2)=CC1[N+](=O)[O-]. The fourth-order valence-electron chi connectivity index (χ4n) is 2.83. The number of rotatable bonds is 4. The summed E-state index contributed by atoms with van der Waals surface area (Å²) >= 11 is 0. The second kappa shape index (κ2) is 5.94. The van der Waals surface area contributed by atoms with Gasteiger partial charge in [0.25, 0.3) is 0 Å². The Morgan fingerprint density at radius 2 is 1.91 bits per heavy atom. The molecule has 2 atom stereocenters. The van der Waals surface area contributed by atoms with E-state index in [1.807, 2.05) is 0 Å². The lowest BCUT2D eigenvalue weighted by Crippen LogP contribution is -2.50. The number of allylic oxidation sites excluding steroid dienone is 2. The molecule has 0 aliphatic heterocycles. The van der Waals surface area contributed by atoms with Gasteiger partial charge in [0, 0.05) is 4.92 Å². The number of benzene rings is 1. The molecule has 1 aromatic rings. The van der Waals surface area contributed by atoms with E-state index in [1.54, 1.807) is 37.3 Å². The van der Waals surface area contributed by atoms with Gasteiger partial charge in [0.1, 0.15) is 0 Å². The minimum absolute atomic E-state index is 0.211. The monoisotopic (exact) mass is 311 g/mol. The van der Waals surface area contributed by atoms with Crippen molar-refractivity contribution >= 4 is 5.57 Å². The molecule has 6 heteroatoms.